The molecule has 1 heterocycles. The minimum Gasteiger partial charge on any atom is -0.342 e. The zero-order chi connectivity index (χ0) is 14.1. The van der Waals surface area contributed by atoms with Crippen LogP contribution in [0.1, 0.15) is 58.3 Å². The normalized spacial score (nSPS) is 30.6. The van der Waals surface area contributed by atoms with Crippen LogP contribution in [0.3, 0.4) is 0 Å². The fourth-order valence-corrected chi connectivity index (χ4v) is 3.35. The van der Waals surface area contributed by atoms with Gasteiger partial charge in [0.25, 0.3) is 0 Å². The number of hydrogen-bond acceptors (Lipinski definition) is 2. The highest BCUT2D eigenvalue weighted by Crippen LogP contribution is 2.40. The fraction of sp³-hybridized carbons (Fsp3) is 0.875. The number of rotatable bonds is 7. The summed E-state index contributed by atoms with van der Waals surface area (Å²) >= 11 is 0. The molecule has 1 aliphatic heterocycles. The van der Waals surface area contributed by atoms with Crippen LogP contribution in [0, 0.1) is 11.8 Å². The quantitative estimate of drug-likeness (QED) is 0.725. The molecule has 0 bridgehead atoms. The molecule has 4 nitrogen and oxygen atoms in total. The van der Waals surface area contributed by atoms with E-state index in [2.05, 4.69) is 12.2 Å². The van der Waals surface area contributed by atoms with E-state index in [0.717, 1.165) is 45.1 Å². The monoisotopic (exact) mass is 278 g/mol. The van der Waals surface area contributed by atoms with E-state index in [4.69, 9.17) is 0 Å². The summed E-state index contributed by atoms with van der Waals surface area (Å²) in [6, 6.07) is -0.386. The van der Waals surface area contributed by atoms with Gasteiger partial charge in [-0.05, 0) is 43.9 Å². The molecule has 20 heavy (non-hydrogen) atoms. The van der Waals surface area contributed by atoms with Gasteiger partial charge in [-0.15, -0.1) is 0 Å². The molecule has 1 N–H and O–H groups in total. The maximum atomic E-state index is 12.7. The van der Waals surface area contributed by atoms with Crippen molar-refractivity contribution in [1.29, 1.82) is 0 Å². The predicted molar refractivity (Wildman–Crippen MR) is 77.0 cm³/mol. The minimum atomic E-state index is -0.219. The average molecular weight is 278 g/mol. The van der Waals surface area contributed by atoms with E-state index in [0.29, 0.717) is 11.8 Å². The molecule has 0 aromatic rings. The zero-order valence-electron chi connectivity index (χ0n) is 12.4. The number of nitrogens with zero attached hydrogens (tertiary/aromatic N) is 1. The molecule has 2 saturated carbocycles. The number of carbonyl (C=O) groups excluding carboxylic acids is 2. The van der Waals surface area contributed by atoms with Gasteiger partial charge in [0.15, 0.2) is 0 Å². The lowest BCUT2D eigenvalue weighted by Crippen LogP contribution is -2.64. The summed E-state index contributed by atoms with van der Waals surface area (Å²) in [6.07, 6.45) is 9.00. The van der Waals surface area contributed by atoms with E-state index in [1.807, 2.05) is 4.90 Å². The van der Waals surface area contributed by atoms with E-state index in [9.17, 15) is 9.59 Å². The van der Waals surface area contributed by atoms with E-state index in [-0.39, 0.29) is 23.9 Å². The number of hydrogen-bond donors (Lipinski definition) is 1. The molecule has 3 fully saturated rings. The van der Waals surface area contributed by atoms with Crippen molar-refractivity contribution in [3.8, 4) is 0 Å². The first-order valence-electron chi connectivity index (χ1n) is 8.33. The Morgan fingerprint density at radius 3 is 2.35 bits per heavy atom. The van der Waals surface area contributed by atoms with Crippen molar-refractivity contribution in [3.05, 3.63) is 0 Å². The number of nitrogens with one attached hydrogen (secondary N) is 1. The molecular weight excluding hydrogens is 252 g/mol. The maximum absolute atomic E-state index is 12.7. The third kappa shape index (κ3) is 2.84. The molecule has 3 aliphatic rings. The summed E-state index contributed by atoms with van der Waals surface area (Å²) in [5.41, 5.74) is 0. The summed E-state index contributed by atoms with van der Waals surface area (Å²) in [6.45, 7) is 2.96. The zero-order valence-corrected chi connectivity index (χ0v) is 12.4. The molecular formula is C16H26N2O2. The summed E-state index contributed by atoms with van der Waals surface area (Å²) in [5, 5.41) is 3.00. The summed E-state index contributed by atoms with van der Waals surface area (Å²) in [5.74, 6) is 1.13. The Kier molecular flexibility index (Phi) is 3.99. The number of carbonyl (C=O) groups is 2. The number of unbranched alkanes of at least 4 members (excludes halogenated alkanes) is 3. The van der Waals surface area contributed by atoms with E-state index in [1.165, 1.54) is 12.8 Å². The van der Waals surface area contributed by atoms with Crippen LogP contribution in [0.2, 0.25) is 0 Å². The lowest BCUT2D eigenvalue weighted by atomic mass is 9.99. The first-order valence-corrected chi connectivity index (χ1v) is 8.33. The van der Waals surface area contributed by atoms with Crippen LogP contribution in [-0.4, -0.2) is 35.3 Å². The molecule has 2 unspecified atom stereocenters. The first kappa shape index (κ1) is 13.9. The number of amides is 2. The van der Waals surface area contributed by atoms with Gasteiger partial charge in [-0.1, -0.05) is 26.2 Å². The van der Waals surface area contributed by atoms with Gasteiger partial charge in [0.2, 0.25) is 11.8 Å². The van der Waals surface area contributed by atoms with Crippen molar-refractivity contribution >= 4 is 11.8 Å². The Bertz CT molecular complexity index is 388. The molecule has 2 aliphatic carbocycles. The van der Waals surface area contributed by atoms with Crippen LogP contribution in [0.4, 0.5) is 0 Å². The average Bonchev–Trinajstić information content (AvgIpc) is 3.28. The second kappa shape index (κ2) is 5.74. The van der Waals surface area contributed by atoms with Crippen LogP contribution in [0.25, 0.3) is 0 Å². The Morgan fingerprint density at radius 1 is 1.05 bits per heavy atom. The van der Waals surface area contributed by atoms with Crippen molar-refractivity contribution in [2.75, 3.05) is 6.54 Å². The van der Waals surface area contributed by atoms with Crippen LogP contribution in [0.5, 0.6) is 0 Å². The van der Waals surface area contributed by atoms with Crippen molar-refractivity contribution in [1.82, 2.24) is 10.2 Å². The van der Waals surface area contributed by atoms with Gasteiger partial charge in [-0.3, -0.25) is 9.59 Å². The Labute approximate surface area is 121 Å². The van der Waals surface area contributed by atoms with Gasteiger partial charge in [-0.25, -0.2) is 0 Å². The Balaban J connectivity index is 1.65. The summed E-state index contributed by atoms with van der Waals surface area (Å²) < 4.78 is 0. The van der Waals surface area contributed by atoms with Gasteiger partial charge in [0, 0.05) is 6.54 Å². The molecule has 0 aromatic carbocycles. The smallest absolute Gasteiger partial charge is 0.246 e. The molecule has 3 rings (SSSR count). The largest absolute Gasteiger partial charge is 0.342 e. The first-order chi connectivity index (χ1) is 9.72. The summed E-state index contributed by atoms with van der Waals surface area (Å²) in [7, 11) is 0. The second-order valence-corrected chi connectivity index (χ2v) is 6.70. The molecule has 2 atom stereocenters. The van der Waals surface area contributed by atoms with E-state index < -0.39 is 0 Å². The van der Waals surface area contributed by atoms with E-state index in [1.54, 1.807) is 0 Å². The van der Waals surface area contributed by atoms with Crippen molar-refractivity contribution in [3.63, 3.8) is 0 Å². The third-order valence-corrected chi connectivity index (χ3v) is 4.87. The fourth-order valence-electron chi connectivity index (χ4n) is 3.35. The Hall–Kier alpha value is -1.06. The van der Waals surface area contributed by atoms with Gasteiger partial charge < -0.3 is 10.2 Å². The lowest BCUT2D eigenvalue weighted by Gasteiger charge is -2.39. The van der Waals surface area contributed by atoms with Gasteiger partial charge in [0.1, 0.15) is 12.1 Å². The standard InChI is InChI=1S/C16H26N2O2/c1-2-3-4-5-10-18-14(12-8-9-12)15(19)17-13(16(18)20)11-6-7-11/h11-14H,2-10H2,1H3,(H,17,19). The highest BCUT2D eigenvalue weighted by atomic mass is 16.2. The van der Waals surface area contributed by atoms with E-state index >= 15 is 0 Å². The van der Waals surface area contributed by atoms with Crippen molar-refractivity contribution in [2.24, 2.45) is 11.8 Å². The molecule has 0 spiro atoms. The predicted octanol–water partition coefficient (Wildman–Crippen LogP) is 2.08. The van der Waals surface area contributed by atoms with Gasteiger partial charge in [0.05, 0.1) is 0 Å². The molecule has 0 aromatic heterocycles. The molecule has 1 saturated heterocycles. The number of piperazine rings is 1. The molecule has 4 heteroatoms. The third-order valence-electron chi connectivity index (χ3n) is 4.87. The highest BCUT2D eigenvalue weighted by molar-refractivity contribution is 5.97. The van der Waals surface area contributed by atoms with Crippen LogP contribution in [0.15, 0.2) is 0 Å². The van der Waals surface area contributed by atoms with Gasteiger partial charge in [-0.2, -0.15) is 0 Å². The lowest BCUT2D eigenvalue weighted by molar-refractivity contribution is -0.151. The van der Waals surface area contributed by atoms with Crippen molar-refractivity contribution < 1.29 is 9.59 Å². The Morgan fingerprint density at radius 2 is 1.75 bits per heavy atom. The summed E-state index contributed by atoms with van der Waals surface area (Å²) in [4.78, 5) is 27.0. The molecule has 2 amide bonds. The van der Waals surface area contributed by atoms with Crippen molar-refractivity contribution in [2.45, 2.75) is 70.4 Å². The SMILES string of the molecule is CCCCCCN1C(=O)C(C2CC2)NC(=O)C1C1CC1. The molecule has 112 valence electrons. The minimum absolute atomic E-state index is 0.111. The van der Waals surface area contributed by atoms with Crippen LogP contribution < -0.4 is 5.32 Å². The van der Waals surface area contributed by atoms with Crippen LogP contribution >= 0.6 is 0 Å². The second-order valence-electron chi connectivity index (χ2n) is 6.70. The molecule has 0 radical (unpaired) electrons. The highest BCUT2D eigenvalue weighted by Gasteiger charge is 2.50. The van der Waals surface area contributed by atoms with Crippen LogP contribution in [-0.2, 0) is 9.59 Å². The topological polar surface area (TPSA) is 49.4 Å². The van der Waals surface area contributed by atoms with Gasteiger partial charge >= 0.3 is 0 Å². The maximum Gasteiger partial charge on any atom is 0.246 e.